The average molecular weight is 1090 g/mol. The van der Waals surface area contributed by atoms with Gasteiger partial charge in [-0.3, -0.25) is 4.79 Å². The fourth-order valence-corrected chi connectivity index (χ4v) is 16.2. The molecule has 0 amide bonds. The minimum atomic E-state index is -2.04. The van der Waals surface area contributed by atoms with Crippen molar-refractivity contribution in [3.05, 3.63) is 11.6 Å². The number of hydrogen-bond donors (Lipinski definition) is 13. The van der Waals surface area contributed by atoms with Crippen LogP contribution in [0, 0.1) is 50.2 Å². The van der Waals surface area contributed by atoms with E-state index >= 15 is 0 Å². The summed E-state index contributed by atoms with van der Waals surface area (Å²) >= 11 is 0. The fourth-order valence-electron chi connectivity index (χ4n) is 16.2. The summed E-state index contributed by atoms with van der Waals surface area (Å²) < 4.78 is 47.7. The minimum absolute atomic E-state index is 0.0192. The van der Waals surface area contributed by atoms with Crippen LogP contribution in [-0.4, -0.2) is 221 Å². The van der Waals surface area contributed by atoms with E-state index in [-0.39, 0.29) is 39.4 Å². The van der Waals surface area contributed by atoms with Crippen LogP contribution in [0.5, 0.6) is 0 Å². The molecule has 434 valence electrons. The topological polar surface area (TPSA) is 371 Å². The molecule has 8 fully saturated rings. The standard InChI is InChI=1S/C53H84O23/c1-48(2)14-16-53(47(68)76-45-37(64)34(61)32(59)26(20-55)71-45)17-15-51(6)22(23(53)18-48)8-9-28-50(5)12-11-29(49(3,4)27(50)10-13-52(28,51)7)72-46-40(74-43-35(62)30(57)24(56)21-69-43)38(65)39(41(75-46)42(66)67)73-44-36(63)33(60)31(58)25(19-54)70-44/h8,23-41,43-46,54-65H,9-21H2,1-7H3,(H,66,67)/t23-,24-,25+,26+,27-,28+,29-,30-,31+,32+,33-,34-,35+,36+,37+,38-,39-,40+,41-,43-,44-,45-,46+,50-,51+,52+,53-/m0/s1. The van der Waals surface area contributed by atoms with Crippen molar-refractivity contribution in [2.75, 3.05) is 19.8 Å². The molecule has 13 N–H and O–H groups in total. The van der Waals surface area contributed by atoms with Crippen LogP contribution >= 0.6 is 0 Å². The third-order valence-electron chi connectivity index (χ3n) is 21.0. The minimum Gasteiger partial charge on any atom is -0.479 e. The summed E-state index contributed by atoms with van der Waals surface area (Å²) in [6, 6.07) is 0. The Hall–Kier alpha value is -2.08. The first-order valence-corrected chi connectivity index (χ1v) is 27.2. The summed E-state index contributed by atoms with van der Waals surface area (Å²) in [7, 11) is 0. The summed E-state index contributed by atoms with van der Waals surface area (Å²) in [6.07, 6.45) is -24.8. The van der Waals surface area contributed by atoms with Crippen molar-refractivity contribution in [3.8, 4) is 0 Å². The number of aliphatic hydroxyl groups excluding tert-OH is 12. The summed E-state index contributed by atoms with van der Waals surface area (Å²) in [5.74, 6) is -2.19. The molecule has 9 rings (SSSR count). The van der Waals surface area contributed by atoms with Gasteiger partial charge in [-0.25, -0.2) is 4.79 Å². The van der Waals surface area contributed by atoms with Crippen molar-refractivity contribution in [1.82, 2.24) is 0 Å². The lowest BCUT2D eigenvalue weighted by Gasteiger charge is -2.71. The molecule has 0 spiro atoms. The van der Waals surface area contributed by atoms with Crippen molar-refractivity contribution in [2.24, 2.45) is 50.2 Å². The Morgan fingerprint density at radius 2 is 1.20 bits per heavy atom. The lowest BCUT2D eigenvalue weighted by atomic mass is 9.33. The monoisotopic (exact) mass is 1090 g/mol. The highest BCUT2D eigenvalue weighted by atomic mass is 16.8. The highest BCUT2D eigenvalue weighted by molar-refractivity contribution is 5.79. The molecule has 0 bridgehead atoms. The van der Waals surface area contributed by atoms with E-state index in [2.05, 4.69) is 54.5 Å². The molecule has 4 saturated carbocycles. The molecular formula is C53H84O23. The number of fused-ring (bicyclic) bond motifs is 7. The van der Waals surface area contributed by atoms with E-state index in [1.807, 2.05) is 0 Å². The quantitative estimate of drug-likeness (QED) is 0.0649. The second-order valence-corrected chi connectivity index (χ2v) is 25.9. The first-order chi connectivity index (χ1) is 35.5. The zero-order chi connectivity index (χ0) is 55.6. The van der Waals surface area contributed by atoms with E-state index in [0.29, 0.717) is 38.5 Å². The van der Waals surface area contributed by atoms with Gasteiger partial charge in [-0.05, 0) is 109 Å². The van der Waals surface area contributed by atoms with Crippen LogP contribution < -0.4 is 0 Å². The number of aliphatic hydroxyl groups is 12. The van der Waals surface area contributed by atoms with E-state index < -0.39 is 165 Å². The first kappa shape index (κ1) is 58.6. The van der Waals surface area contributed by atoms with Crippen LogP contribution in [0.3, 0.4) is 0 Å². The van der Waals surface area contributed by atoms with Crippen LogP contribution in [0.25, 0.3) is 0 Å². The van der Waals surface area contributed by atoms with Gasteiger partial charge in [0.2, 0.25) is 6.29 Å². The fraction of sp³-hybridized carbons (Fsp3) is 0.925. The predicted octanol–water partition coefficient (Wildman–Crippen LogP) is -1.30. The van der Waals surface area contributed by atoms with Crippen LogP contribution in [0.15, 0.2) is 11.6 Å². The molecule has 0 aromatic rings. The molecular weight excluding hydrogens is 1000 g/mol. The Kier molecular flexibility index (Phi) is 16.2. The van der Waals surface area contributed by atoms with Crippen LogP contribution in [0.1, 0.15) is 113 Å². The number of carbonyl (C=O) groups is 2. The summed E-state index contributed by atoms with van der Waals surface area (Å²) in [6.45, 7) is 13.7. The van der Waals surface area contributed by atoms with E-state index in [1.165, 1.54) is 5.57 Å². The third kappa shape index (κ3) is 9.42. The Labute approximate surface area is 442 Å². The number of rotatable bonds is 11. The van der Waals surface area contributed by atoms with Gasteiger partial charge in [-0.15, -0.1) is 0 Å². The van der Waals surface area contributed by atoms with Crippen LogP contribution in [-0.2, 0) is 47.5 Å². The molecule has 0 aromatic carbocycles. The van der Waals surface area contributed by atoms with Gasteiger partial charge in [-0.2, -0.15) is 0 Å². The Morgan fingerprint density at radius 1 is 0.605 bits per heavy atom. The van der Waals surface area contributed by atoms with Gasteiger partial charge in [0.15, 0.2) is 25.0 Å². The number of hydrogen-bond acceptors (Lipinski definition) is 22. The smallest absolute Gasteiger partial charge is 0.335 e. The lowest BCUT2D eigenvalue weighted by molar-refractivity contribution is -0.386. The normalized spacial score (nSPS) is 52.9. The molecule has 0 radical (unpaired) electrons. The largest absolute Gasteiger partial charge is 0.479 e. The van der Waals surface area contributed by atoms with Gasteiger partial charge in [-0.1, -0.05) is 60.1 Å². The highest BCUT2D eigenvalue weighted by Gasteiger charge is 2.70. The Morgan fingerprint density at radius 3 is 1.83 bits per heavy atom. The molecule has 5 aliphatic carbocycles. The van der Waals surface area contributed by atoms with Crippen molar-refractivity contribution in [1.29, 1.82) is 0 Å². The maximum atomic E-state index is 14.8. The molecule has 4 saturated heterocycles. The second-order valence-electron chi connectivity index (χ2n) is 25.9. The van der Waals surface area contributed by atoms with Gasteiger partial charge in [0.05, 0.1) is 31.3 Å². The average Bonchev–Trinajstić information content (AvgIpc) is 3.46. The molecule has 27 atom stereocenters. The van der Waals surface area contributed by atoms with E-state index in [1.54, 1.807) is 0 Å². The van der Waals surface area contributed by atoms with Crippen LogP contribution in [0.4, 0.5) is 0 Å². The number of ether oxygens (including phenoxy) is 8. The molecule has 4 heterocycles. The predicted molar refractivity (Wildman–Crippen MR) is 257 cm³/mol. The maximum absolute atomic E-state index is 14.8. The number of esters is 1. The maximum Gasteiger partial charge on any atom is 0.335 e. The van der Waals surface area contributed by atoms with Crippen molar-refractivity contribution in [3.63, 3.8) is 0 Å². The van der Waals surface area contributed by atoms with E-state index in [9.17, 15) is 76.0 Å². The second kappa shape index (κ2) is 21.0. The molecule has 9 aliphatic rings. The third-order valence-corrected chi connectivity index (χ3v) is 21.0. The number of carbonyl (C=O) groups excluding carboxylic acids is 1. The van der Waals surface area contributed by atoms with Gasteiger partial charge < -0.3 is 104 Å². The summed E-state index contributed by atoms with van der Waals surface area (Å²) in [5, 5.41) is 138. The Bertz CT molecular complexity index is 2140. The van der Waals surface area contributed by atoms with Gasteiger partial charge in [0.25, 0.3) is 0 Å². The lowest BCUT2D eigenvalue weighted by Crippen LogP contribution is -2.68. The van der Waals surface area contributed by atoms with Gasteiger partial charge in [0, 0.05) is 0 Å². The highest BCUT2D eigenvalue weighted by Crippen LogP contribution is 2.76. The van der Waals surface area contributed by atoms with Gasteiger partial charge >= 0.3 is 11.9 Å². The molecule has 23 heteroatoms. The van der Waals surface area contributed by atoms with Crippen molar-refractivity contribution in [2.45, 2.75) is 235 Å². The van der Waals surface area contributed by atoms with Gasteiger partial charge in [0.1, 0.15) is 85.5 Å². The van der Waals surface area contributed by atoms with Crippen LogP contribution in [0.2, 0.25) is 0 Å². The van der Waals surface area contributed by atoms with E-state index in [0.717, 1.165) is 25.7 Å². The van der Waals surface area contributed by atoms with Crippen molar-refractivity contribution < 1.29 is 114 Å². The summed E-state index contributed by atoms with van der Waals surface area (Å²) in [4.78, 5) is 27.8. The molecule has 76 heavy (non-hydrogen) atoms. The zero-order valence-electron chi connectivity index (χ0n) is 44.4. The molecule has 0 aromatic heterocycles. The SMILES string of the molecule is CC1(C)CC[C@]2(C(=O)O[C@@H]3O[C@H](CO)[C@@H](O)[C@H](O)[C@H]3O)CC[C@]3(C)C(=CC[C@@H]4[C@@]5(C)CC[C@H](O[C@@H]6O[C@H](C(=O)O)[C@@H](O[C@@H]7O[C@H](CO)[C@@H](O)[C@H](O)[C@H]7O)[C@H](O)[C@H]6O[C@@H]6OC[C@H](O)[C@H](O)[C@H]6O)C(C)(C)[C@@H]5CC[C@]43C)[C@@H]2C1. The molecule has 0 unspecified atom stereocenters. The molecule has 4 aliphatic heterocycles. The summed E-state index contributed by atoms with van der Waals surface area (Å²) in [5.41, 5.74) is -1.37. The molecule has 23 nitrogen and oxygen atoms in total. The van der Waals surface area contributed by atoms with Crippen molar-refractivity contribution >= 4 is 11.9 Å². The number of carboxylic acids is 1. The zero-order valence-corrected chi connectivity index (χ0v) is 44.4. The first-order valence-electron chi connectivity index (χ1n) is 27.2. The Balaban J connectivity index is 0.978. The number of aliphatic carboxylic acids is 1. The van der Waals surface area contributed by atoms with E-state index in [4.69, 9.17) is 37.9 Å². The number of allylic oxidation sites excluding steroid dienone is 2. The number of carboxylic acid groups (broad SMARTS) is 1.